The van der Waals surface area contributed by atoms with Crippen LogP contribution in [0.3, 0.4) is 0 Å². The normalized spacial score (nSPS) is 25.9. The van der Waals surface area contributed by atoms with Gasteiger partial charge >= 0.3 is 0 Å². The fraction of sp³-hybridized carbons (Fsp3) is 0.550. The molecule has 0 bridgehead atoms. The third-order valence-electron chi connectivity index (χ3n) is 6.08. The standard InChI is InChI=1S/C20H24ClN3O3/c21-16-4-2-1-3-15(16)20(27)23-8-5-13(6-9-23)19(26)24-10-7-17-14(12-24)11-18(25)22-17/h1-4,13-14,17H,5-12H2,(H,22,25)/t14-,17+/m1/s1. The van der Waals surface area contributed by atoms with E-state index in [-0.39, 0.29) is 35.6 Å². The highest BCUT2D eigenvalue weighted by Crippen LogP contribution is 2.29. The zero-order valence-electron chi connectivity index (χ0n) is 15.2. The molecule has 4 rings (SSSR count). The third-order valence-corrected chi connectivity index (χ3v) is 6.40. The first kappa shape index (κ1) is 18.3. The van der Waals surface area contributed by atoms with E-state index in [0.29, 0.717) is 56.0 Å². The predicted molar refractivity (Wildman–Crippen MR) is 101 cm³/mol. The molecule has 0 radical (unpaired) electrons. The van der Waals surface area contributed by atoms with E-state index in [1.807, 2.05) is 11.0 Å². The first-order valence-electron chi connectivity index (χ1n) is 9.65. The average molecular weight is 390 g/mol. The first-order valence-corrected chi connectivity index (χ1v) is 10.0. The molecule has 6 nitrogen and oxygen atoms in total. The van der Waals surface area contributed by atoms with E-state index in [1.165, 1.54) is 0 Å². The Bertz CT molecular complexity index is 761. The largest absolute Gasteiger partial charge is 0.353 e. The Labute approximate surface area is 163 Å². The maximum atomic E-state index is 12.9. The van der Waals surface area contributed by atoms with E-state index in [4.69, 9.17) is 11.6 Å². The number of benzene rings is 1. The fourth-order valence-electron chi connectivity index (χ4n) is 4.53. The highest BCUT2D eigenvalue weighted by atomic mass is 35.5. The minimum Gasteiger partial charge on any atom is -0.353 e. The van der Waals surface area contributed by atoms with Crippen LogP contribution in [0, 0.1) is 11.8 Å². The quantitative estimate of drug-likeness (QED) is 0.840. The number of halogens is 1. The van der Waals surface area contributed by atoms with E-state index in [9.17, 15) is 14.4 Å². The molecule has 1 aromatic carbocycles. The summed E-state index contributed by atoms with van der Waals surface area (Å²) in [5, 5.41) is 3.46. The molecule has 0 aliphatic carbocycles. The van der Waals surface area contributed by atoms with Crippen LogP contribution in [-0.2, 0) is 9.59 Å². The Balaban J connectivity index is 1.33. The lowest BCUT2D eigenvalue weighted by atomic mass is 9.90. The van der Waals surface area contributed by atoms with E-state index >= 15 is 0 Å². The molecule has 3 aliphatic rings. The second-order valence-electron chi connectivity index (χ2n) is 7.76. The topological polar surface area (TPSA) is 69.7 Å². The van der Waals surface area contributed by atoms with Gasteiger partial charge in [-0.05, 0) is 31.4 Å². The van der Waals surface area contributed by atoms with Crippen molar-refractivity contribution in [3.05, 3.63) is 34.9 Å². The van der Waals surface area contributed by atoms with Crippen molar-refractivity contribution in [2.75, 3.05) is 26.2 Å². The molecule has 1 N–H and O–H groups in total. The van der Waals surface area contributed by atoms with Crippen LogP contribution in [0.25, 0.3) is 0 Å². The number of likely N-dealkylation sites (tertiary alicyclic amines) is 2. The van der Waals surface area contributed by atoms with Crippen molar-refractivity contribution in [3.8, 4) is 0 Å². The van der Waals surface area contributed by atoms with Gasteiger partial charge in [-0.15, -0.1) is 0 Å². The van der Waals surface area contributed by atoms with Crippen molar-refractivity contribution in [1.82, 2.24) is 15.1 Å². The van der Waals surface area contributed by atoms with Crippen molar-refractivity contribution < 1.29 is 14.4 Å². The van der Waals surface area contributed by atoms with Crippen LogP contribution in [0.15, 0.2) is 24.3 Å². The highest BCUT2D eigenvalue weighted by Gasteiger charge is 2.40. The molecule has 3 aliphatic heterocycles. The molecule has 0 unspecified atom stereocenters. The smallest absolute Gasteiger partial charge is 0.255 e. The summed E-state index contributed by atoms with van der Waals surface area (Å²) in [6.45, 7) is 2.51. The van der Waals surface area contributed by atoms with Crippen LogP contribution in [0.1, 0.15) is 36.0 Å². The second kappa shape index (κ2) is 7.50. The molecule has 3 fully saturated rings. The fourth-order valence-corrected chi connectivity index (χ4v) is 4.74. The van der Waals surface area contributed by atoms with Gasteiger partial charge in [-0.3, -0.25) is 14.4 Å². The third kappa shape index (κ3) is 3.68. The van der Waals surface area contributed by atoms with Gasteiger partial charge in [0.25, 0.3) is 5.91 Å². The Kier molecular flexibility index (Phi) is 5.08. The summed E-state index contributed by atoms with van der Waals surface area (Å²) in [6, 6.07) is 7.30. The number of nitrogens with one attached hydrogen (secondary N) is 1. The lowest BCUT2D eigenvalue weighted by Gasteiger charge is -2.38. The molecular formula is C20H24ClN3O3. The molecule has 3 amide bonds. The van der Waals surface area contributed by atoms with Crippen LogP contribution < -0.4 is 5.32 Å². The van der Waals surface area contributed by atoms with Gasteiger partial charge in [-0.1, -0.05) is 23.7 Å². The molecule has 27 heavy (non-hydrogen) atoms. The van der Waals surface area contributed by atoms with Gasteiger partial charge < -0.3 is 15.1 Å². The number of amides is 3. The van der Waals surface area contributed by atoms with Crippen molar-refractivity contribution in [1.29, 1.82) is 0 Å². The maximum Gasteiger partial charge on any atom is 0.255 e. The molecule has 144 valence electrons. The maximum absolute atomic E-state index is 12.9. The number of hydrogen-bond donors (Lipinski definition) is 1. The Morgan fingerprint density at radius 2 is 1.74 bits per heavy atom. The van der Waals surface area contributed by atoms with Crippen molar-refractivity contribution in [2.24, 2.45) is 11.8 Å². The lowest BCUT2D eigenvalue weighted by molar-refractivity contribution is -0.139. The van der Waals surface area contributed by atoms with Crippen LogP contribution >= 0.6 is 11.6 Å². The molecule has 7 heteroatoms. The van der Waals surface area contributed by atoms with Gasteiger partial charge in [0.1, 0.15) is 0 Å². The van der Waals surface area contributed by atoms with Crippen molar-refractivity contribution in [2.45, 2.75) is 31.7 Å². The minimum absolute atomic E-state index is 0.0399. The number of nitrogens with zero attached hydrogens (tertiary/aromatic N) is 2. The lowest BCUT2D eigenvalue weighted by Crippen LogP contribution is -2.50. The van der Waals surface area contributed by atoms with Gasteiger partial charge in [-0.2, -0.15) is 0 Å². The Hall–Kier alpha value is -2.08. The summed E-state index contributed by atoms with van der Waals surface area (Å²) in [4.78, 5) is 40.9. The molecular weight excluding hydrogens is 366 g/mol. The summed E-state index contributed by atoms with van der Waals surface area (Å²) in [7, 11) is 0. The van der Waals surface area contributed by atoms with Gasteiger partial charge in [0.2, 0.25) is 11.8 Å². The van der Waals surface area contributed by atoms with E-state index in [2.05, 4.69) is 5.32 Å². The molecule has 0 spiro atoms. The van der Waals surface area contributed by atoms with Gasteiger partial charge in [0.15, 0.2) is 0 Å². The van der Waals surface area contributed by atoms with Crippen LogP contribution in [-0.4, -0.2) is 59.7 Å². The summed E-state index contributed by atoms with van der Waals surface area (Å²) in [5.41, 5.74) is 0.518. The number of carbonyl (C=O) groups is 3. The number of piperidine rings is 2. The Morgan fingerprint density at radius 1 is 1.04 bits per heavy atom. The minimum atomic E-state index is -0.0668. The Morgan fingerprint density at radius 3 is 2.48 bits per heavy atom. The molecule has 1 aromatic rings. The number of carbonyl (C=O) groups excluding carboxylic acids is 3. The predicted octanol–water partition coefficient (Wildman–Crippen LogP) is 1.93. The summed E-state index contributed by atoms with van der Waals surface area (Å²) in [6.07, 6.45) is 2.72. The summed E-state index contributed by atoms with van der Waals surface area (Å²) < 4.78 is 0. The summed E-state index contributed by atoms with van der Waals surface area (Å²) >= 11 is 6.14. The van der Waals surface area contributed by atoms with Gasteiger partial charge in [0.05, 0.1) is 10.6 Å². The SMILES string of the molecule is O=C1C[C@@H]2CN(C(=O)C3CCN(C(=O)c4ccccc4Cl)CC3)CC[C@@H]2N1. The zero-order chi connectivity index (χ0) is 19.0. The number of hydrogen-bond acceptors (Lipinski definition) is 3. The van der Waals surface area contributed by atoms with Crippen molar-refractivity contribution in [3.63, 3.8) is 0 Å². The molecule has 3 saturated heterocycles. The molecule has 0 aromatic heterocycles. The van der Waals surface area contributed by atoms with Gasteiger partial charge in [0, 0.05) is 50.5 Å². The van der Waals surface area contributed by atoms with Crippen molar-refractivity contribution >= 4 is 29.3 Å². The zero-order valence-corrected chi connectivity index (χ0v) is 16.0. The van der Waals surface area contributed by atoms with E-state index in [0.717, 1.165) is 6.42 Å². The first-order chi connectivity index (χ1) is 13.0. The monoisotopic (exact) mass is 389 g/mol. The van der Waals surface area contributed by atoms with Crippen LogP contribution in [0.5, 0.6) is 0 Å². The number of rotatable bonds is 2. The van der Waals surface area contributed by atoms with E-state index in [1.54, 1.807) is 23.1 Å². The molecule has 0 saturated carbocycles. The summed E-state index contributed by atoms with van der Waals surface area (Å²) in [5.74, 6) is 0.421. The second-order valence-corrected chi connectivity index (χ2v) is 8.16. The van der Waals surface area contributed by atoms with Crippen LogP contribution in [0.2, 0.25) is 5.02 Å². The molecule has 3 heterocycles. The van der Waals surface area contributed by atoms with Crippen LogP contribution in [0.4, 0.5) is 0 Å². The van der Waals surface area contributed by atoms with E-state index < -0.39 is 0 Å². The van der Waals surface area contributed by atoms with Gasteiger partial charge in [-0.25, -0.2) is 0 Å². The average Bonchev–Trinajstić information content (AvgIpc) is 3.06. The highest BCUT2D eigenvalue weighted by molar-refractivity contribution is 6.33. The molecule has 2 atom stereocenters. The number of fused-ring (bicyclic) bond motifs is 1.